The maximum Gasteiger partial charge on any atom is 0.161 e. The predicted octanol–water partition coefficient (Wildman–Crippen LogP) is 3.14. The van der Waals surface area contributed by atoms with E-state index in [9.17, 15) is 0 Å². The molecule has 0 bridgehead atoms. The van der Waals surface area contributed by atoms with E-state index in [1.165, 1.54) is 11.3 Å². The SMILES string of the molecule is CCOc1ccccc1OCc1nc(COC)c(C#N)s1. The molecule has 0 saturated carbocycles. The second-order valence-corrected chi connectivity index (χ2v) is 5.18. The molecule has 5 nitrogen and oxygen atoms in total. The van der Waals surface area contributed by atoms with Crippen LogP contribution in [0.3, 0.4) is 0 Å². The summed E-state index contributed by atoms with van der Waals surface area (Å²) >= 11 is 1.32. The third-order valence-electron chi connectivity index (χ3n) is 2.62. The van der Waals surface area contributed by atoms with Gasteiger partial charge in [-0.05, 0) is 19.1 Å². The number of ether oxygens (including phenoxy) is 3. The molecule has 110 valence electrons. The van der Waals surface area contributed by atoms with Gasteiger partial charge in [0.15, 0.2) is 11.5 Å². The van der Waals surface area contributed by atoms with E-state index in [0.717, 1.165) is 5.01 Å². The average Bonchev–Trinajstić information content (AvgIpc) is 2.89. The number of hydrogen-bond acceptors (Lipinski definition) is 6. The molecule has 1 heterocycles. The van der Waals surface area contributed by atoms with E-state index in [4.69, 9.17) is 19.5 Å². The fourth-order valence-electron chi connectivity index (χ4n) is 1.77. The minimum Gasteiger partial charge on any atom is -0.490 e. The third-order valence-corrected chi connectivity index (χ3v) is 3.60. The molecule has 0 fully saturated rings. The zero-order valence-electron chi connectivity index (χ0n) is 12.0. The number of aromatic nitrogens is 1. The van der Waals surface area contributed by atoms with Crippen molar-refractivity contribution < 1.29 is 14.2 Å². The summed E-state index contributed by atoms with van der Waals surface area (Å²) in [5.41, 5.74) is 0.654. The van der Waals surface area contributed by atoms with Crippen molar-refractivity contribution in [1.29, 1.82) is 5.26 Å². The van der Waals surface area contributed by atoms with E-state index in [1.807, 2.05) is 31.2 Å². The van der Waals surface area contributed by atoms with Crippen LogP contribution < -0.4 is 9.47 Å². The van der Waals surface area contributed by atoms with Gasteiger partial charge in [0.25, 0.3) is 0 Å². The minimum absolute atomic E-state index is 0.299. The van der Waals surface area contributed by atoms with Gasteiger partial charge in [-0.15, -0.1) is 11.3 Å². The molecule has 0 amide bonds. The maximum atomic E-state index is 9.06. The number of nitrogens with zero attached hydrogens (tertiary/aromatic N) is 2. The summed E-state index contributed by atoms with van der Waals surface area (Å²) < 4.78 is 16.3. The molecule has 6 heteroatoms. The van der Waals surface area contributed by atoms with Crippen LogP contribution in [0, 0.1) is 11.3 Å². The molecule has 0 aliphatic rings. The van der Waals surface area contributed by atoms with Crippen LogP contribution >= 0.6 is 11.3 Å². The number of rotatable bonds is 7. The van der Waals surface area contributed by atoms with E-state index in [-0.39, 0.29) is 0 Å². The molecule has 1 aromatic heterocycles. The highest BCUT2D eigenvalue weighted by atomic mass is 32.1. The first-order valence-electron chi connectivity index (χ1n) is 6.50. The monoisotopic (exact) mass is 304 g/mol. The maximum absolute atomic E-state index is 9.06. The second-order valence-electron chi connectivity index (χ2n) is 4.10. The lowest BCUT2D eigenvalue weighted by Crippen LogP contribution is -1.99. The third kappa shape index (κ3) is 3.94. The van der Waals surface area contributed by atoms with Crippen LogP contribution in [-0.4, -0.2) is 18.7 Å². The van der Waals surface area contributed by atoms with Crippen molar-refractivity contribution >= 4 is 11.3 Å². The smallest absolute Gasteiger partial charge is 0.161 e. The Morgan fingerprint density at radius 2 is 1.90 bits per heavy atom. The van der Waals surface area contributed by atoms with Gasteiger partial charge in [0.2, 0.25) is 0 Å². The molecule has 21 heavy (non-hydrogen) atoms. The fraction of sp³-hybridized carbons (Fsp3) is 0.333. The van der Waals surface area contributed by atoms with Crippen LogP contribution in [0.1, 0.15) is 22.5 Å². The first-order chi connectivity index (χ1) is 10.3. The second kappa shape index (κ2) is 7.62. The predicted molar refractivity (Wildman–Crippen MR) is 79.5 cm³/mol. The van der Waals surface area contributed by atoms with E-state index in [2.05, 4.69) is 11.1 Å². The van der Waals surface area contributed by atoms with E-state index < -0.39 is 0 Å². The minimum atomic E-state index is 0.299. The van der Waals surface area contributed by atoms with Crippen molar-refractivity contribution in [1.82, 2.24) is 4.98 Å². The molecule has 0 radical (unpaired) electrons. The van der Waals surface area contributed by atoms with Crippen molar-refractivity contribution in [3.05, 3.63) is 39.8 Å². The van der Waals surface area contributed by atoms with Crippen LogP contribution in [-0.2, 0) is 18.0 Å². The number of nitriles is 1. The van der Waals surface area contributed by atoms with E-state index in [1.54, 1.807) is 7.11 Å². The molecule has 2 aromatic rings. The quantitative estimate of drug-likeness (QED) is 0.786. The summed E-state index contributed by atoms with van der Waals surface area (Å²) in [6, 6.07) is 9.61. The average molecular weight is 304 g/mol. The van der Waals surface area contributed by atoms with Crippen molar-refractivity contribution in [3.63, 3.8) is 0 Å². The van der Waals surface area contributed by atoms with Crippen molar-refractivity contribution in [2.24, 2.45) is 0 Å². The van der Waals surface area contributed by atoms with Gasteiger partial charge >= 0.3 is 0 Å². The van der Waals surface area contributed by atoms with Crippen LogP contribution in [0.25, 0.3) is 0 Å². The lowest BCUT2D eigenvalue weighted by molar-refractivity contribution is 0.181. The number of hydrogen-bond donors (Lipinski definition) is 0. The Hall–Kier alpha value is -2.10. The van der Waals surface area contributed by atoms with Crippen molar-refractivity contribution in [3.8, 4) is 17.6 Å². The molecule has 0 atom stereocenters. The highest BCUT2D eigenvalue weighted by molar-refractivity contribution is 7.12. The van der Waals surface area contributed by atoms with Gasteiger partial charge in [0.05, 0.1) is 18.9 Å². The molecule has 0 N–H and O–H groups in total. The molecule has 0 unspecified atom stereocenters. The summed E-state index contributed by atoms with van der Waals surface area (Å²) in [6.07, 6.45) is 0. The molecule has 0 aliphatic heterocycles. The Morgan fingerprint density at radius 1 is 1.19 bits per heavy atom. The lowest BCUT2D eigenvalue weighted by Gasteiger charge is -2.10. The summed E-state index contributed by atoms with van der Waals surface area (Å²) in [5.74, 6) is 1.37. The largest absolute Gasteiger partial charge is 0.490 e. The van der Waals surface area contributed by atoms with Gasteiger partial charge in [-0.2, -0.15) is 5.26 Å². The molecule has 0 saturated heterocycles. The van der Waals surface area contributed by atoms with Gasteiger partial charge in [0.1, 0.15) is 22.6 Å². The summed E-state index contributed by atoms with van der Waals surface area (Å²) in [7, 11) is 1.58. The van der Waals surface area contributed by atoms with Gasteiger partial charge in [-0.3, -0.25) is 0 Å². The van der Waals surface area contributed by atoms with Crippen LogP contribution in [0.5, 0.6) is 11.5 Å². The number of para-hydroxylation sites is 2. The molecule has 0 spiro atoms. The molecule has 0 aliphatic carbocycles. The van der Waals surface area contributed by atoms with E-state index in [0.29, 0.717) is 41.9 Å². The summed E-state index contributed by atoms with van der Waals surface area (Å²) in [6.45, 7) is 3.13. The lowest BCUT2D eigenvalue weighted by atomic mass is 10.3. The van der Waals surface area contributed by atoms with Gasteiger partial charge in [0, 0.05) is 7.11 Å². The number of thiazole rings is 1. The highest BCUT2D eigenvalue weighted by Gasteiger charge is 2.12. The van der Waals surface area contributed by atoms with Gasteiger partial charge in [-0.1, -0.05) is 12.1 Å². The first-order valence-corrected chi connectivity index (χ1v) is 7.32. The summed E-state index contributed by atoms with van der Waals surface area (Å²) in [4.78, 5) is 4.93. The van der Waals surface area contributed by atoms with Crippen LogP contribution in [0.2, 0.25) is 0 Å². The van der Waals surface area contributed by atoms with Gasteiger partial charge in [-0.25, -0.2) is 4.98 Å². The first kappa shape index (κ1) is 15.3. The Morgan fingerprint density at radius 3 is 2.52 bits per heavy atom. The Kier molecular flexibility index (Phi) is 5.55. The molecule has 1 aromatic carbocycles. The normalized spacial score (nSPS) is 10.1. The molecular formula is C15H16N2O3S. The number of benzene rings is 1. The van der Waals surface area contributed by atoms with E-state index >= 15 is 0 Å². The Balaban J connectivity index is 2.08. The fourth-order valence-corrected chi connectivity index (χ4v) is 2.55. The topological polar surface area (TPSA) is 64.4 Å². The highest BCUT2D eigenvalue weighted by Crippen LogP contribution is 2.28. The number of methoxy groups -OCH3 is 1. The van der Waals surface area contributed by atoms with Crippen LogP contribution in [0.4, 0.5) is 0 Å². The Bertz CT molecular complexity index is 634. The molecule has 2 rings (SSSR count). The standard InChI is InChI=1S/C15H16N2O3S/c1-3-19-12-6-4-5-7-13(12)20-10-15-17-11(9-18-2)14(8-16)21-15/h4-7H,3,9-10H2,1-2H3. The zero-order valence-corrected chi connectivity index (χ0v) is 12.8. The van der Waals surface area contributed by atoms with Gasteiger partial charge < -0.3 is 14.2 Å². The zero-order chi connectivity index (χ0) is 15.1. The van der Waals surface area contributed by atoms with Crippen LogP contribution in [0.15, 0.2) is 24.3 Å². The Labute approximate surface area is 127 Å². The van der Waals surface area contributed by atoms with Crippen molar-refractivity contribution in [2.75, 3.05) is 13.7 Å². The molecular weight excluding hydrogens is 288 g/mol. The van der Waals surface area contributed by atoms with Crippen molar-refractivity contribution in [2.45, 2.75) is 20.1 Å². The summed E-state index contributed by atoms with van der Waals surface area (Å²) in [5, 5.41) is 9.80.